The van der Waals surface area contributed by atoms with Crippen LogP contribution < -0.4 is 9.47 Å². The van der Waals surface area contributed by atoms with E-state index in [4.69, 9.17) is 0 Å². The Balaban J connectivity index is 3.37. The summed E-state index contributed by atoms with van der Waals surface area (Å²) in [5.74, 6) is -1.18. The molecule has 9 heteroatoms. The van der Waals surface area contributed by atoms with Crippen LogP contribution in [0.1, 0.15) is 17.7 Å². The van der Waals surface area contributed by atoms with Crippen molar-refractivity contribution in [2.45, 2.75) is 18.1 Å². The second-order valence-electron chi connectivity index (χ2n) is 3.00. The maximum Gasteiger partial charge on any atom is 0.573 e. The highest BCUT2D eigenvalue weighted by atomic mass is 79.9. The molecule has 0 amide bonds. The minimum Gasteiger partial charge on any atom is -0.491 e. The number of aromatic nitrogens is 1. The number of halogens is 6. The van der Waals surface area contributed by atoms with Gasteiger partial charge in [-0.15, -0.1) is 13.2 Å². The molecule has 0 radical (unpaired) electrons. The molecule has 0 saturated heterocycles. The molecule has 18 heavy (non-hydrogen) atoms. The van der Waals surface area contributed by atoms with Gasteiger partial charge in [0.25, 0.3) is 6.43 Å². The summed E-state index contributed by atoms with van der Waals surface area (Å²) >= 11 is 2.82. The van der Waals surface area contributed by atoms with Gasteiger partial charge >= 0.3 is 6.36 Å². The van der Waals surface area contributed by atoms with E-state index >= 15 is 0 Å². The first-order chi connectivity index (χ1) is 8.30. The predicted octanol–water partition coefficient (Wildman–Crippen LogP) is 3.82. The first-order valence-electron chi connectivity index (χ1n) is 4.45. The Morgan fingerprint density at radius 1 is 1.39 bits per heavy atom. The Bertz CT molecular complexity index is 424. The fraction of sp³-hybridized carbons (Fsp3) is 0.444. The topological polar surface area (TPSA) is 31.4 Å². The number of hydrogen-bond donors (Lipinski definition) is 0. The van der Waals surface area contributed by atoms with Crippen LogP contribution in [0.4, 0.5) is 22.0 Å². The lowest BCUT2D eigenvalue weighted by atomic mass is 10.2. The summed E-state index contributed by atoms with van der Waals surface area (Å²) < 4.78 is 70.1. The minimum absolute atomic E-state index is 0.276. The summed E-state index contributed by atoms with van der Waals surface area (Å²) in [5, 5.41) is -0.276. The van der Waals surface area contributed by atoms with Crippen molar-refractivity contribution in [2.75, 3.05) is 7.11 Å². The Hall–Kier alpha value is -1.12. The van der Waals surface area contributed by atoms with Crippen molar-refractivity contribution in [3.63, 3.8) is 0 Å². The van der Waals surface area contributed by atoms with Crippen molar-refractivity contribution in [2.24, 2.45) is 0 Å². The number of nitrogens with zero attached hydrogens (tertiary/aromatic N) is 1. The van der Waals surface area contributed by atoms with Gasteiger partial charge in [-0.25, -0.2) is 8.78 Å². The van der Waals surface area contributed by atoms with Crippen molar-refractivity contribution in [1.82, 2.24) is 4.98 Å². The standard InChI is InChI=1S/C9H7BrF5NO2/c1-17-5-3-16-6(8(11)12)4(2-10)7(5)18-9(13,14)15/h3,8H,2H2,1H3. The molecule has 0 N–H and O–H groups in total. The lowest BCUT2D eigenvalue weighted by Crippen LogP contribution is -2.19. The van der Waals surface area contributed by atoms with Crippen molar-refractivity contribution in [1.29, 1.82) is 0 Å². The monoisotopic (exact) mass is 335 g/mol. The average Bonchev–Trinajstić information content (AvgIpc) is 2.26. The largest absolute Gasteiger partial charge is 0.573 e. The minimum atomic E-state index is -5.01. The Morgan fingerprint density at radius 3 is 2.39 bits per heavy atom. The van der Waals surface area contributed by atoms with Crippen molar-refractivity contribution in [3.8, 4) is 11.5 Å². The van der Waals surface area contributed by atoms with Crippen molar-refractivity contribution >= 4 is 15.9 Å². The normalized spacial score (nSPS) is 11.8. The van der Waals surface area contributed by atoms with E-state index in [2.05, 4.69) is 30.4 Å². The van der Waals surface area contributed by atoms with Crippen LogP contribution in [0.2, 0.25) is 0 Å². The molecule has 0 aliphatic heterocycles. The first-order valence-corrected chi connectivity index (χ1v) is 5.58. The van der Waals surface area contributed by atoms with Gasteiger partial charge in [-0.05, 0) is 0 Å². The SMILES string of the molecule is COc1cnc(C(F)F)c(CBr)c1OC(F)(F)F. The summed E-state index contributed by atoms with van der Waals surface area (Å²) in [7, 11) is 1.08. The molecule has 1 heterocycles. The number of methoxy groups -OCH3 is 1. The van der Waals surface area contributed by atoms with E-state index in [1.165, 1.54) is 0 Å². The van der Waals surface area contributed by atoms with E-state index in [1.807, 2.05) is 0 Å². The van der Waals surface area contributed by atoms with Gasteiger partial charge in [0.2, 0.25) is 0 Å². The second kappa shape index (κ2) is 5.68. The molecule has 1 aromatic rings. The number of rotatable bonds is 4. The van der Waals surface area contributed by atoms with Crippen LogP contribution >= 0.6 is 15.9 Å². The first kappa shape index (κ1) is 14.9. The molecule has 1 aromatic heterocycles. The zero-order valence-corrected chi connectivity index (χ0v) is 10.5. The van der Waals surface area contributed by atoms with Gasteiger partial charge in [0.1, 0.15) is 5.69 Å². The third kappa shape index (κ3) is 3.44. The van der Waals surface area contributed by atoms with Crippen molar-refractivity contribution < 1.29 is 31.4 Å². The van der Waals surface area contributed by atoms with Crippen LogP contribution in [-0.2, 0) is 5.33 Å². The van der Waals surface area contributed by atoms with Gasteiger partial charge in [0.15, 0.2) is 11.5 Å². The van der Waals surface area contributed by atoms with Crippen LogP contribution in [0.15, 0.2) is 6.20 Å². The molecule has 102 valence electrons. The van der Waals surface area contributed by atoms with E-state index in [9.17, 15) is 22.0 Å². The van der Waals surface area contributed by atoms with E-state index in [-0.39, 0.29) is 11.1 Å². The predicted molar refractivity (Wildman–Crippen MR) is 55.1 cm³/mol. The molecule has 0 aromatic carbocycles. The van der Waals surface area contributed by atoms with Crippen LogP contribution in [0, 0.1) is 0 Å². The summed E-state index contributed by atoms with van der Waals surface area (Å²) in [6.45, 7) is 0. The molecular weight excluding hydrogens is 329 g/mol. The number of pyridine rings is 1. The van der Waals surface area contributed by atoms with E-state index in [0.29, 0.717) is 0 Å². The maximum absolute atomic E-state index is 12.6. The third-order valence-electron chi connectivity index (χ3n) is 1.91. The summed E-state index contributed by atoms with van der Waals surface area (Å²) in [4.78, 5) is 3.36. The Kier molecular flexibility index (Phi) is 4.71. The molecule has 0 aliphatic carbocycles. The maximum atomic E-state index is 12.6. The lowest BCUT2D eigenvalue weighted by molar-refractivity contribution is -0.275. The number of hydrogen-bond acceptors (Lipinski definition) is 3. The van der Waals surface area contributed by atoms with E-state index < -0.39 is 29.8 Å². The van der Waals surface area contributed by atoms with E-state index in [1.54, 1.807) is 0 Å². The fourth-order valence-corrected chi connectivity index (χ4v) is 1.76. The lowest BCUT2D eigenvalue weighted by Gasteiger charge is -2.17. The molecule has 0 saturated carbocycles. The molecule has 0 bridgehead atoms. The summed E-state index contributed by atoms with van der Waals surface area (Å²) in [5.41, 5.74) is -1.19. The van der Waals surface area contributed by atoms with Gasteiger partial charge in [-0.2, -0.15) is 0 Å². The quantitative estimate of drug-likeness (QED) is 0.619. The van der Waals surface area contributed by atoms with E-state index in [0.717, 1.165) is 13.3 Å². The third-order valence-corrected chi connectivity index (χ3v) is 2.47. The van der Waals surface area contributed by atoms with Gasteiger partial charge in [-0.3, -0.25) is 4.98 Å². The van der Waals surface area contributed by atoms with Gasteiger partial charge in [0, 0.05) is 10.9 Å². The number of ether oxygens (including phenoxy) is 2. The summed E-state index contributed by atoms with van der Waals surface area (Å²) in [6.07, 6.45) is -7.27. The molecular formula is C9H7BrF5NO2. The summed E-state index contributed by atoms with van der Waals surface area (Å²) in [6, 6.07) is 0. The molecule has 0 spiro atoms. The van der Waals surface area contributed by atoms with Gasteiger partial charge < -0.3 is 9.47 Å². The molecule has 1 rings (SSSR count). The second-order valence-corrected chi connectivity index (χ2v) is 3.56. The zero-order valence-electron chi connectivity index (χ0n) is 8.89. The highest BCUT2D eigenvalue weighted by molar-refractivity contribution is 9.08. The molecule has 3 nitrogen and oxygen atoms in total. The average molecular weight is 336 g/mol. The smallest absolute Gasteiger partial charge is 0.491 e. The van der Waals surface area contributed by atoms with Crippen molar-refractivity contribution in [3.05, 3.63) is 17.5 Å². The Morgan fingerprint density at radius 2 is 2.00 bits per heavy atom. The van der Waals surface area contributed by atoms with Crippen LogP contribution in [0.25, 0.3) is 0 Å². The van der Waals surface area contributed by atoms with Crippen LogP contribution in [0.5, 0.6) is 11.5 Å². The molecule has 0 fully saturated rings. The molecule has 0 unspecified atom stereocenters. The fourth-order valence-electron chi connectivity index (χ4n) is 1.22. The Labute approximate surface area is 107 Å². The van der Waals surface area contributed by atoms with Crippen LogP contribution in [-0.4, -0.2) is 18.5 Å². The van der Waals surface area contributed by atoms with Gasteiger partial charge in [-0.1, -0.05) is 15.9 Å². The highest BCUT2D eigenvalue weighted by Gasteiger charge is 2.35. The highest BCUT2D eigenvalue weighted by Crippen LogP contribution is 2.39. The number of alkyl halides is 6. The van der Waals surface area contributed by atoms with Gasteiger partial charge in [0.05, 0.1) is 13.3 Å². The molecule has 0 aliphatic rings. The molecule has 0 atom stereocenters. The van der Waals surface area contributed by atoms with Crippen LogP contribution in [0.3, 0.4) is 0 Å². The zero-order chi connectivity index (χ0) is 13.9.